The molecule has 0 aromatic heterocycles. The summed E-state index contributed by atoms with van der Waals surface area (Å²) in [6.07, 6.45) is 7.36. The van der Waals surface area contributed by atoms with Crippen LogP contribution in [0, 0.1) is 0 Å². The van der Waals surface area contributed by atoms with Gasteiger partial charge in [-0.2, -0.15) is 0 Å². The highest BCUT2D eigenvalue weighted by atomic mass is 32.2. The summed E-state index contributed by atoms with van der Waals surface area (Å²) < 4.78 is 1.92. The van der Waals surface area contributed by atoms with Crippen molar-refractivity contribution < 1.29 is 0 Å². The molecule has 1 aliphatic heterocycles. The molecular weight excluding hydrogens is 120 g/mol. The number of aliphatic imine (C=N–C) groups is 1. The average molecular weight is 126 g/mol. The third kappa shape index (κ3) is 1.15. The summed E-state index contributed by atoms with van der Waals surface area (Å²) in [4.78, 5) is 3.73. The predicted molar refractivity (Wildman–Crippen MR) is 36.5 cm³/mol. The first-order valence-electron chi connectivity index (χ1n) is 2.21. The van der Waals surface area contributed by atoms with Crippen molar-refractivity contribution in [2.24, 2.45) is 4.99 Å². The van der Waals surface area contributed by atoms with Crippen LogP contribution in [0.1, 0.15) is 0 Å². The van der Waals surface area contributed by atoms with Crippen molar-refractivity contribution in [3.8, 4) is 0 Å². The van der Waals surface area contributed by atoms with Gasteiger partial charge in [-0.05, 0) is 11.9 Å². The van der Waals surface area contributed by atoms with Gasteiger partial charge in [0.15, 0.2) is 0 Å². The van der Waals surface area contributed by atoms with Gasteiger partial charge in [0.25, 0.3) is 0 Å². The second-order valence-electron chi connectivity index (χ2n) is 1.23. The monoisotopic (exact) mass is 126 g/mol. The minimum absolute atomic E-state index is 1.61. The highest BCUT2D eigenvalue weighted by Gasteiger charge is 1.88. The number of rotatable bonds is 1. The van der Waals surface area contributed by atoms with E-state index in [1.807, 2.05) is 16.8 Å². The Kier molecular flexibility index (Phi) is 1.78. The summed E-state index contributed by atoms with van der Waals surface area (Å²) in [5.74, 6) is 2.70. The average Bonchev–Trinajstić information content (AvgIpc) is 1.90. The van der Waals surface area contributed by atoms with Crippen molar-refractivity contribution in [2.45, 2.75) is 0 Å². The van der Waals surface area contributed by atoms with Crippen LogP contribution in [0.5, 0.6) is 0 Å². The first-order chi connectivity index (χ1) is 3.93. The van der Waals surface area contributed by atoms with Gasteiger partial charge in [-0.3, -0.25) is 4.31 Å². The first kappa shape index (κ1) is 5.48. The van der Waals surface area contributed by atoms with Crippen LogP contribution >= 0.6 is 11.9 Å². The summed E-state index contributed by atoms with van der Waals surface area (Å²) >= 11 is 1.61. The van der Waals surface area contributed by atoms with Crippen LogP contribution in [-0.4, -0.2) is 16.4 Å². The van der Waals surface area contributed by atoms with E-state index in [0.29, 0.717) is 0 Å². The molecule has 2 nitrogen and oxygen atoms in total. The smallest absolute Gasteiger partial charge is 0.0770 e. The normalized spacial score (nSPS) is 15.4. The van der Waals surface area contributed by atoms with Crippen LogP contribution in [0.2, 0.25) is 0 Å². The van der Waals surface area contributed by atoms with Crippen LogP contribution in [0.3, 0.4) is 0 Å². The Balaban J connectivity index is 2.62. The van der Waals surface area contributed by atoms with Crippen molar-refractivity contribution in [1.29, 1.82) is 0 Å². The summed E-state index contributed by atoms with van der Waals surface area (Å²) in [6.45, 7) is 0. The van der Waals surface area contributed by atoms with Crippen LogP contribution in [0.25, 0.3) is 0 Å². The van der Waals surface area contributed by atoms with E-state index in [0.717, 1.165) is 0 Å². The van der Waals surface area contributed by atoms with E-state index in [1.165, 1.54) is 0 Å². The van der Waals surface area contributed by atoms with Crippen molar-refractivity contribution in [3.05, 3.63) is 18.6 Å². The number of hydrogen-bond acceptors (Lipinski definition) is 3. The Morgan fingerprint density at radius 1 is 1.75 bits per heavy atom. The zero-order valence-corrected chi connectivity index (χ0v) is 5.35. The highest BCUT2D eigenvalue weighted by molar-refractivity contribution is 7.96. The SMILES string of the molecule is CSN1C=C=NC=C1. The van der Waals surface area contributed by atoms with E-state index in [9.17, 15) is 0 Å². The standard InChI is InChI=1S/C5H6N2S/c1-8-7-4-2-6-3-5-7/h2,4-5H,1H3. The van der Waals surface area contributed by atoms with Gasteiger partial charge < -0.3 is 0 Å². The quantitative estimate of drug-likeness (QED) is 0.491. The fraction of sp³-hybridized carbons (Fsp3) is 0.200. The van der Waals surface area contributed by atoms with Crippen LogP contribution < -0.4 is 0 Å². The fourth-order valence-electron chi connectivity index (χ4n) is 0.389. The molecular formula is C5H6N2S. The lowest BCUT2D eigenvalue weighted by Gasteiger charge is -2.08. The highest BCUT2D eigenvalue weighted by Crippen LogP contribution is 2.06. The maximum absolute atomic E-state index is 3.73. The molecule has 0 radical (unpaired) electrons. The summed E-state index contributed by atoms with van der Waals surface area (Å²) in [5, 5.41) is 0. The molecule has 1 aliphatic rings. The molecule has 0 fully saturated rings. The van der Waals surface area contributed by atoms with E-state index in [4.69, 9.17) is 0 Å². The van der Waals surface area contributed by atoms with Crippen molar-refractivity contribution >= 4 is 17.8 Å². The van der Waals surface area contributed by atoms with E-state index >= 15 is 0 Å². The lowest BCUT2D eigenvalue weighted by Crippen LogP contribution is -1.97. The lowest BCUT2D eigenvalue weighted by atomic mass is 10.8. The first-order valence-corrected chi connectivity index (χ1v) is 3.39. The van der Waals surface area contributed by atoms with Crippen molar-refractivity contribution in [2.75, 3.05) is 6.26 Å². The van der Waals surface area contributed by atoms with E-state index in [2.05, 4.69) is 10.9 Å². The molecule has 0 unspecified atom stereocenters. The van der Waals surface area contributed by atoms with E-state index in [1.54, 1.807) is 24.3 Å². The second-order valence-corrected chi connectivity index (χ2v) is 2.01. The molecule has 0 aromatic carbocycles. The molecule has 0 aliphatic carbocycles. The molecule has 1 heterocycles. The number of hydrogen-bond donors (Lipinski definition) is 0. The molecule has 0 saturated carbocycles. The van der Waals surface area contributed by atoms with Crippen LogP contribution in [0.15, 0.2) is 23.6 Å². The molecule has 0 N–H and O–H groups in total. The summed E-state index contributed by atoms with van der Waals surface area (Å²) in [7, 11) is 0. The third-order valence-electron chi connectivity index (χ3n) is 0.758. The van der Waals surface area contributed by atoms with Crippen LogP contribution in [-0.2, 0) is 0 Å². The zero-order chi connectivity index (χ0) is 5.82. The lowest BCUT2D eigenvalue weighted by molar-refractivity contribution is 0.856. The topological polar surface area (TPSA) is 15.6 Å². The van der Waals surface area contributed by atoms with Gasteiger partial charge in [0, 0.05) is 18.3 Å². The fourth-order valence-corrected chi connectivity index (χ4v) is 0.718. The Labute approximate surface area is 52.7 Å². The molecule has 0 aromatic rings. The van der Waals surface area contributed by atoms with Gasteiger partial charge in [0.05, 0.1) is 12.4 Å². The molecule has 1 rings (SSSR count). The molecule has 0 atom stereocenters. The zero-order valence-electron chi connectivity index (χ0n) is 4.53. The number of nitrogens with zero attached hydrogens (tertiary/aromatic N) is 2. The molecule has 0 amide bonds. The largest absolute Gasteiger partial charge is 0.288 e. The Hall–Kier alpha value is -0.660. The Morgan fingerprint density at radius 2 is 2.62 bits per heavy atom. The van der Waals surface area contributed by atoms with Gasteiger partial charge in [0.1, 0.15) is 0 Å². The van der Waals surface area contributed by atoms with Crippen LogP contribution in [0.4, 0.5) is 0 Å². The minimum Gasteiger partial charge on any atom is -0.288 e. The maximum atomic E-state index is 3.73. The van der Waals surface area contributed by atoms with E-state index < -0.39 is 0 Å². The Morgan fingerprint density at radius 3 is 3.00 bits per heavy atom. The predicted octanol–water partition coefficient (Wildman–Crippen LogP) is 1.23. The molecule has 42 valence electrons. The maximum Gasteiger partial charge on any atom is 0.0770 e. The van der Waals surface area contributed by atoms with E-state index in [-0.39, 0.29) is 0 Å². The van der Waals surface area contributed by atoms with Gasteiger partial charge in [-0.1, -0.05) is 0 Å². The molecule has 8 heavy (non-hydrogen) atoms. The van der Waals surface area contributed by atoms with Gasteiger partial charge >= 0.3 is 0 Å². The molecule has 0 bridgehead atoms. The molecule has 0 saturated heterocycles. The molecule has 3 heteroatoms. The Bertz CT molecular complexity index is 156. The van der Waals surface area contributed by atoms with Gasteiger partial charge in [-0.25, -0.2) is 4.99 Å². The second kappa shape index (κ2) is 2.60. The van der Waals surface area contributed by atoms with Crippen molar-refractivity contribution in [3.63, 3.8) is 0 Å². The summed E-state index contributed by atoms with van der Waals surface area (Å²) in [6, 6.07) is 0. The van der Waals surface area contributed by atoms with Gasteiger partial charge in [0.2, 0.25) is 0 Å². The van der Waals surface area contributed by atoms with Crippen molar-refractivity contribution in [1.82, 2.24) is 4.31 Å². The minimum atomic E-state index is 1.61. The summed E-state index contributed by atoms with van der Waals surface area (Å²) in [5.41, 5.74) is 0. The molecule has 0 spiro atoms. The third-order valence-corrected chi connectivity index (χ3v) is 1.41. The van der Waals surface area contributed by atoms with Gasteiger partial charge in [-0.15, -0.1) is 0 Å².